The highest BCUT2D eigenvalue weighted by atomic mass is 16.6. The second-order valence-electron chi connectivity index (χ2n) is 3.91. The van der Waals surface area contributed by atoms with Gasteiger partial charge in [0.2, 0.25) is 0 Å². The molecule has 0 radical (unpaired) electrons. The van der Waals surface area contributed by atoms with E-state index in [2.05, 4.69) is 5.32 Å². The second-order valence-corrected chi connectivity index (χ2v) is 3.91. The molecule has 0 aromatic carbocycles. The van der Waals surface area contributed by atoms with Crippen LogP contribution in [0.5, 0.6) is 0 Å². The maximum atomic E-state index is 10.9. The summed E-state index contributed by atoms with van der Waals surface area (Å²) in [7, 11) is 0. The van der Waals surface area contributed by atoms with Gasteiger partial charge in [0, 0.05) is 6.04 Å². The fraction of sp³-hybridized carbons (Fsp3) is 0.875. The maximum Gasteiger partial charge on any atom is 0.407 e. The average Bonchev–Trinajstić information content (AvgIpc) is 2.44. The summed E-state index contributed by atoms with van der Waals surface area (Å²) in [6, 6.07) is -0.339. The van der Waals surface area contributed by atoms with Crippen molar-refractivity contribution in [3.05, 3.63) is 0 Å². The first kappa shape index (κ1) is 8.77. The van der Waals surface area contributed by atoms with E-state index < -0.39 is 18.3 Å². The van der Waals surface area contributed by atoms with Crippen molar-refractivity contribution >= 4 is 6.09 Å². The largest absolute Gasteiger partial charge is 0.441 e. The molecular weight excluding hydrogens is 172 g/mol. The summed E-state index contributed by atoms with van der Waals surface area (Å²) in [6.45, 7) is 1.91. The molecule has 5 atom stereocenters. The number of nitrogens with two attached hydrogens (primary N) is 1. The molecule has 1 amide bonds. The fourth-order valence-electron chi connectivity index (χ4n) is 2.12. The fourth-order valence-corrected chi connectivity index (χ4v) is 2.12. The number of ether oxygens (including phenoxy) is 1. The number of fused-ring (bicyclic) bond motifs is 1. The molecule has 0 aromatic heterocycles. The van der Waals surface area contributed by atoms with Gasteiger partial charge in [-0.25, -0.2) is 4.79 Å². The molecule has 1 aliphatic heterocycles. The Morgan fingerprint density at radius 2 is 2.38 bits per heavy atom. The van der Waals surface area contributed by atoms with E-state index in [0.29, 0.717) is 6.42 Å². The number of aliphatic hydroxyl groups is 1. The first-order valence-corrected chi connectivity index (χ1v) is 4.50. The van der Waals surface area contributed by atoms with E-state index >= 15 is 0 Å². The topological polar surface area (TPSA) is 84.6 Å². The van der Waals surface area contributed by atoms with Crippen molar-refractivity contribution in [2.45, 2.75) is 37.6 Å². The Morgan fingerprint density at radius 1 is 1.69 bits per heavy atom. The molecule has 2 aliphatic rings. The van der Waals surface area contributed by atoms with Crippen molar-refractivity contribution in [2.24, 2.45) is 11.7 Å². The molecule has 5 nitrogen and oxygen atoms in total. The van der Waals surface area contributed by atoms with E-state index in [-0.39, 0.29) is 18.0 Å². The molecule has 0 bridgehead atoms. The van der Waals surface area contributed by atoms with Crippen molar-refractivity contribution in [3.63, 3.8) is 0 Å². The molecule has 2 rings (SSSR count). The lowest BCUT2D eigenvalue weighted by atomic mass is 9.80. The van der Waals surface area contributed by atoms with Gasteiger partial charge in [0.1, 0.15) is 0 Å². The second kappa shape index (κ2) is 2.85. The van der Waals surface area contributed by atoms with Crippen LogP contribution in [0.25, 0.3) is 0 Å². The van der Waals surface area contributed by atoms with E-state index in [4.69, 9.17) is 10.5 Å². The Hall–Kier alpha value is -0.810. The molecular formula is C8H14N2O3. The van der Waals surface area contributed by atoms with Gasteiger partial charge in [0.25, 0.3) is 0 Å². The molecule has 1 saturated heterocycles. The Morgan fingerprint density at radius 3 is 3.08 bits per heavy atom. The predicted octanol–water partition coefficient (Wildman–Crippen LogP) is -0.809. The highest BCUT2D eigenvalue weighted by molar-refractivity contribution is 5.70. The van der Waals surface area contributed by atoms with Crippen LogP contribution in [0.4, 0.5) is 4.79 Å². The summed E-state index contributed by atoms with van der Waals surface area (Å²) in [5.74, 6) is 0.0870. The number of aliphatic hydroxyl groups excluding tert-OH is 1. The molecule has 5 heteroatoms. The van der Waals surface area contributed by atoms with Crippen molar-refractivity contribution in [1.29, 1.82) is 0 Å². The quantitative estimate of drug-likeness (QED) is 0.462. The number of hydrogen-bond acceptors (Lipinski definition) is 4. The van der Waals surface area contributed by atoms with Crippen molar-refractivity contribution in [1.82, 2.24) is 5.32 Å². The zero-order chi connectivity index (χ0) is 9.59. The van der Waals surface area contributed by atoms with Crippen LogP contribution in [-0.4, -0.2) is 35.5 Å². The van der Waals surface area contributed by atoms with E-state index in [1.807, 2.05) is 6.92 Å². The number of hydrogen-bond donors (Lipinski definition) is 3. The van der Waals surface area contributed by atoms with Crippen molar-refractivity contribution in [2.75, 3.05) is 0 Å². The van der Waals surface area contributed by atoms with Gasteiger partial charge < -0.3 is 20.9 Å². The summed E-state index contributed by atoms with van der Waals surface area (Å²) < 4.78 is 4.94. The lowest BCUT2D eigenvalue weighted by molar-refractivity contribution is -0.0384. The van der Waals surface area contributed by atoms with Crippen molar-refractivity contribution in [3.8, 4) is 0 Å². The minimum atomic E-state index is -0.594. The summed E-state index contributed by atoms with van der Waals surface area (Å²) in [4.78, 5) is 10.9. The highest BCUT2D eigenvalue weighted by Crippen LogP contribution is 2.29. The molecule has 0 aromatic rings. The summed E-state index contributed by atoms with van der Waals surface area (Å²) in [5, 5.41) is 12.3. The summed E-state index contributed by atoms with van der Waals surface area (Å²) in [6.07, 6.45) is -0.819. The molecule has 2 fully saturated rings. The summed E-state index contributed by atoms with van der Waals surface area (Å²) >= 11 is 0. The average molecular weight is 186 g/mol. The number of carbonyl (C=O) groups excluding carboxylic acids is 1. The molecule has 74 valence electrons. The predicted molar refractivity (Wildman–Crippen MR) is 45.0 cm³/mol. The SMILES string of the molecule is CC1C[C@H](N)[C@H]2NC(=O)O[C@H]2[C@H]1O. The minimum absolute atomic E-state index is 0.0870. The number of rotatable bonds is 0. The van der Waals surface area contributed by atoms with E-state index in [1.54, 1.807) is 0 Å². The Kier molecular flexibility index (Phi) is 1.92. The first-order valence-electron chi connectivity index (χ1n) is 4.50. The van der Waals surface area contributed by atoms with Gasteiger partial charge in [-0.2, -0.15) is 0 Å². The van der Waals surface area contributed by atoms with Gasteiger partial charge in [-0.1, -0.05) is 6.92 Å². The molecule has 1 saturated carbocycles. The van der Waals surface area contributed by atoms with E-state index in [9.17, 15) is 9.90 Å². The molecule has 0 spiro atoms. The third-order valence-electron chi connectivity index (χ3n) is 2.91. The van der Waals surface area contributed by atoms with Gasteiger partial charge in [-0.3, -0.25) is 0 Å². The van der Waals surface area contributed by atoms with Gasteiger partial charge in [-0.15, -0.1) is 0 Å². The third-order valence-corrected chi connectivity index (χ3v) is 2.91. The summed E-state index contributed by atoms with van der Waals surface area (Å²) in [5.41, 5.74) is 5.83. The minimum Gasteiger partial charge on any atom is -0.441 e. The van der Waals surface area contributed by atoms with Gasteiger partial charge in [0.15, 0.2) is 6.10 Å². The zero-order valence-corrected chi connectivity index (χ0v) is 7.43. The van der Waals surface area contributed by atoms with E-state index in [1.165, 1.54) is 0 Å². The maximum absolute atomic E-state index is 10.9. The normalized spacial score (nSPS) is 49.5. The van der Waals surface area contributed by atoms with E-state index in [0.717, 1.165) is 0 Å². The first-order chi connectivity index (χ1) is 6.09. The highest BCUT2D eigenvalue weighted by Gasteiger charge is 2.48. The van der Waals surface area contributed by atoms with Crippen LogP contribution in [0.1, 0.15) is 13.3 Å². The number of amides is 1. The van der Waals surface area contributed by atoms with Gasteiger partial charge >= 0.3 is 6.09 Å². The molecule has 1 unspecified atom stereocenters. The number of nitrogens with one attached hydrogen (secondary N) is 1. The third kappa shape index (κ3) is 1.28. The van der Waals surface area contributed by atoms with Crippen LogP contribution >= 0.6 is 0 Å². The Balaban J connectivity index is 2.17. The lowest BCUT2D eigenvalue weighted by Gasteiger charge is -2.36. The zero-order valence-electron chi connectivity index (χ0n) is 7.43. The van der Waals surface area contributed by atoms with Gasteiger partial charge in [0.05, 0.1) is 12.1 Å². The smallest absolute Gasteiger partial charge is 0.407 e. The lowest BCUT2D eigenvalue weighted by Crippen LogP contribution is -2.57. The van der Waals surface area contributed by atoms with Gasteiger partial charge in [-0.05, 0) is 12.3 Å². The molecule has 4 N–H and O–H groups in total. The molecule has 13 heavy (non-hydrogen) atoms. The van der Waals surface area contributed by atoms with Crippen molar-refractivity contribution < 1.29 is 14.6 Å². The monoisotopic (exact) mass is 186 g/mol. The number of alkyl carbamates (subject to hydrolysis) is 1. The molecule has 1 aliphatic carbocycles. The Labute approximate surface area is 76.2 Å². The van der Waals surface area contributed by atoms with Crippen LogP contribution in [-0.2, 0) is 4.74 Å². The van der Waals surface area contributed by atoms with Crippen LogP contribution in [0.3, 0.4) is 0 Å². The standard InChI is InChI=1S/C8H14N2O3/c1-3-2-4(9)5-7(6(3)11)13-8(12)10-5/h3-7,11H,2,9H2,1H3,(H,10,12)/t3?,4-,5+,6-,7+/m0/s1. The van der Waals surface area contributed by atoms with Crippen LogP contribution < -0.4 is 11.1 Å². The molecule has 1 heterocycles. The van der Waals surface area contributed by atoms with Crippen LogP contribution in [0, 0.1) is 5.92 Å². The van der Waals surface area contributed by atoms with Crippen LogP contribution in [0.2, 0.25) is 0 Å². The van der Waals surface area contributed by atoms with Crippen LogP contribution in [0.15, 0.2) is 0 Å². The Bertz CT molecular complexity index is 233. The number of carbonyl (C=O) groups is 1.